The summed E-state index contributed by atoms with van der Waals surface area (Å²) in [5.74, 6) is -0.627. The lowest BCUT2D eigenvalue weighted by Gasteiger charge is -2.38. The van der Waals surface area contributed by atoms with Gasteiger partial charge in [-0.3, -0.25) is 10.1 Å². The molecule has 2 saturated carbocycles. The fourth-order valence-electron chi connectivity index (χ4n) is 3.21. The van der Waals surface area contributed by atoms with E-state index in [0.717, 1.165) is 38.5 Å². The minimum absolute atomic E-state index is 0.447. The maximum atomic E-state index is 11.5. The number of carboxylic acid groups (broad SMARTS) is 1. The summed E-state index contributed by atoms with van der Waals surface area (Å²) in [4.78, 5) is 11.5. The molecule has 16 heavy (non-hydrogen) atoms. The van der Waals surface area contributed by atoms with E-state index in [1.165, 1.54) is 25.7 Å². The Morgan fingerprint density at radius 1 is 1.00 bits per heavy atom. The molecule has 0 unspecified atom stereocenters. The molecule has 2 rings (SSSR count). The Kier molecular flexibility index (Phi) is 3.85. The molecule has 0 amide bonds. The molecule has 2 N–H and O–H groups in total. The molecule has 2 aliphatic carbocycles. The third-order valence-corrected chi connectivity index (χ3v) is 4.20. The Balaban J connectivity index is 1.98. The Hall–Kier alpha value is -0.570. The first-order chi connectivity index (χ1) is 7.73. The van der Waals surface area contributed by atoms with E-state index in [2.05, 4.69) is 5.32 Å². The van der Waals surface area contributed by atoms with Crippen LogP contribution in [-0.4, -0.2) is 22.7 Å². The second-order valence-corrected chi connectivity index (χ2v) is 5.43. The van der Waals surface area contributed by atoms with Gasteiger partial charge in [0.25, 0.3) is 0 Å². The van der Waals surface area contributed by atoms with Crippen molar-refractivity contribution in [2.24, 2.45) is 0 Å². The fourth-order valence-corrected chi connectivity index (χ4v) is 3.21. The van der Waals surface area contributed by atoms with Gasteiger partial charge in [-0.2, -0.15) is 0 Å². The van der Waals surface area contributed by atoms with Crippen LogP contribution in [0, 0.1) is 0 Å². The van der Waals surface area contributed by atoms with E-state index in [4.69, 9.17) is 0 Å². The van der Waals surface area contributed by atoms with Crippen molar-refractivity contribution < 1.29 is 9.90 Å². The van der Waals surface area contributed by atoms with Gasteiger partial charge in [0, 0.05) is 6.04 Å². The van der Waals surface area contributed by atoms with Gasteiger partial charge in [-0.05, 0) is 25.7 Å². The van der Waals surface area contributed by atoms with Crippen LogP contribution in [0.3, 0.4) is 0 Å². The molecule has 2 aliphatic rings. The van der Waals surface area contributed by atoms with Crippen molar-refractivity contribution in [1.29, 1.82) is 0 Å². The van der Waals surface area contributed by atoms with Crippen LogP contribution >= 0.6 is 0 Å². The van der Waals surface area contributed by atoms with Gasteiger partial charge in [0.05, 0.1) is 0 Å². The number of rotatable bonds is 3. The first kappa shape index (κ1) is 11.9. The van der Waals surface area contributed by atoms with Gasteiger partial charge in [0.15, 0.2) is 0 Å². The molecule has 0 heterocycles. The largest absolute Gasteiger partial charge is 0.480 e. The summed E-state index contributed by atoms with van der Waals surface area (Å²) in [6.07, 6.45) is 11.1. The van der Waals surface area contributed by atoms with Crippen LogP contribution in [0.1, 0.15) is 64.2 Å². The molecule has 0 saturated heterocycles. The standard InChI is InChI=1S/C13H23NO2/c15-12(16)13(9-5-2-6-10-13)14-11-7-3-1-4-8-11/h11,14H,1-10H2,(H,15,16). The van der Waals surface area contributed by atoms with Crippen molar-refractivity contribution in [3.63, 3.8) is 0 Å². The maximum Gasteiger partial charge on any atom is 0.323 e. The highest BCUT2D eigenvalue weighted by atomic mass is 16.4. The van der Waals surface area contributed by atoms with Crippen molar-refractivity contribution in [2.75, 3.05) is 0 Å². The van der Waals surface area contributed by atoms with Gasteiger partial charge in [0.1, 0.15) is 5.54 Å². The zero-order valence-electron chi connectivity index (χ0n) is 10.0. The molecule has 92 valence electrons. The lowest BCUT2D eigenvalue weighted by Crippen LogP contribution is -2.57. The van der Waals surface area contributed by atoms with E-state index in [0.29, 0.717) is 6.04 Å². The van der Waals surface area contributed by atoms with Crippen LogP contribution in [0.15, 0.2) is 0 Å². The van der Waals surface area contributed by atoms with Crippen LogP contribution in [-0.2, 0) is 4.79 Å². The van der Waals surface area contributed by atoms with Crippen molar-refractivity contribution in [3.8, 4) is 0 Å². The summed E-state index contributed by atoms with van der Waals surface area (Å²) in [6, 6.07) is 0.447. The Morgan fingerprint density at radius 2 is 1.56 bits per heavy atom. The zero-order chi connectivity index (χ0) is 11.4. The zero-order valence-corrected chi connectivity index (χ0v) is 10.0. The Morgan fingerprint density at radius 3 is 2.12 bits per heavy atom. The quantitative estimate of drug-likeness (QED) is 0.776. The lowest BCUT2D eigenvalue weighted by molar-refractivity contribution is -0.147. The molecule has 0 aromatic carbocycles. The van der Waals surface area contributed by atoms with Crippen molar-refractivity contribution in [3.05, 3.63) is 0 Å². The molecule has 0 aliphatic heterocycles. The highest BCUT2D eigenvalue weighted by Crippen LogP contribution is 2.31. The summed E-state index contributed by atoms with van der Waals surface area (Å²) >= 11 is 0. The van der Waals surface area contributed by atoms with E-state index in [9.17, 15) is 9.90 Å². The highest BCUT2D eigenvalue weighted by molar-refractivity contribution is 5.79. The minimum Gasteiger partial charge on any atom is -0.480 e. The van der Waals surface area contributed by atoms with Crippen LogP contribution < -0.4 is 5.32 Å². The second kappa shape index (κ2) is 5.17. The maximum absolute atomic E-state index is 11.5. The Bertz CT molecular complexity index is 240. The molecule has 0 spiro atoms. The predicted molar refractivity (Wildman–Crippen MR) is 63.5 cm³/mol. The van der Waals surface area contributed by atoms with Gasteiger partial charge in [-0.1, -0.05) is 38.5 Å². The number of hydrogen-bond donors (Lipinski definition) is 2. The summed E-state index contributed by atoms with van der Waals surface area (Å²) in [6.45, 7) is 0. The number of carbonyl (C=O) groups is 1. The van der Waals surface area contributed by atoms with Gasteiger partial charge < -0.3 is 5.11 Å². The molecular weight excluding hydrogens is 202 g/mol. The van der Waals surface area contributed by atoms with Gasteiger partial charge in [-0.15, -0.1) is 0 Å². The van der Waals surface area contributed by atoms with Crippen molar-refractivity contribution in [2.45, 2.75) is 75.8 Å². The third kappa shape index (κ3) is 2.57. The lowest BCUT2D eigenvalue weighted by atomic mass is 9.80. The first-order valence-electron chi connectivity index (χ1n) is 6.74. The van der Waals surface area contributed by atoms with Gasteiger partial charge in [-0.25, -0.2) is 0 Å². The summed E-state index contributed by atoms with van der Waals surface area (Å²) < 4.78 is 0. The highest BCUT2D eigenvalue weighted by Gasteiger charge is 2.40. The molecule has 3 nitrogen and oxygen atoms in total. The van der Waals surface area contributed by atoms with E-state index in [1.807, 2.05) is 0 Å². The molecule has 0 aromatic rings. The molecule has 0 aromatic heterocycles. The van der Waals surface area contributed by atoms with E-state index >= 15 is 0 Å². The topological polar surface area (TPSA) is 49.3 Å². The van der Waals surface area contributed by atoms with E-state index in [-0.39, 0.29) is 0 Å². The Labute approximate surface area is 97.6 Å². The molecule has 0 atom stereocenters. The smallest absolute Gasteiger partial charge is 0.323 e. The van der Waals surface area contributed by atoms with E-state index in [1.54, 1.807) is 0 Å². The molecule has 0 radical (unpaired) electrons. The normalized spacial score (nSPS) is 26.5. The average molecular weight is 225 g/mol. The van der Waals surface area contributed by atoms with Crippen LogP contribution in [0.4, 0.5) is 0 Å². The number of aliphatic carboxylic acids is 1. The van der Waals surface area contributed by atoms with Gasteiger partial charge >= 0.3 is 5.97 Å². The number of nitrogens with one attached hydrogen (secondary N) is 1. The summed E-state index contributed by atoms with van der Waals surface area (Å²) in [7, 11) is 0. The van der Waals surface area contributed by atoms with Crippen LogP contribution in [0.2, 0.25) is 0 Å². The average Bonchev–Trinajstić information content (AvgIpc) is 2.31. The van der Waals surface area contributed by atoms with Crippen molar-refractivity contribution >= 4 is 5.97 Å². The third-order valence-electron chi connectivity index (χ3n) is 4.20. The number of hydrogen-bond acceptors (Lipinski definition) is 2. The number of carboxylic acids is 1. The summed E-state index contributed by atoms with van der Waals surface area (Å²) in [5.41, 5.74) is -0.597. The van der Waals surface area contributed by atoms with Crippen LogP contribution in [0.5, 0.6) is 0 Å². The summed E-state index contributed by atoms with van der Waals surface area (Å²) in [5, 5.41) is 12.9. The van der Waals surface area contributed by atoms with Crippen molar-refractivity contribution in [1.82, 2.24) is 5.32 Å². The molecule has 2 fully saturated rings. The SMILES string of the molecule is O=C(O)C1(NC2CCCCC2)CCCCC1. The van der Waals surface area contributed by atoms with E-state index < -0.39 is 11.5 Å². The molecule has 0 bridgehead atoms. The van der Waals surface area contributed by atoms with Crippen LogP contribution in [0.25, 0.3) is 0 Å². The monoisotopic (exact) mass is 225 g/mol. The minimum atomic E-state index is -0.627. The first-order valence-corrected chi connectivity index (χ1v) is 6.74. The predicted octanol–water partition coefficient (Wildman–Crippen LogP) is 2.70. The molecule has 3 heteroatoms. The van der Waals surface area contributed by atoms with Gasteiger partial charge in [0.2, 0.25) is 0 Å². The molecular formula is C13H23NO2. The fraction of sp³-hybridized carbons (Fsp3) is 0.923. The second-order valence-electron chi connectivity index (χ2n) is 5.43.